The normalized spacial score (nSPS) is 17.9. The first-order valence-electron chi connectivity index (χ1n) is 8.26. The summed E-state index contributed by atoms with van der Waals surface area (Å²) in [4.78, 5) is 2.39. The lowest BCUT2D eigenvalue weighted by molar-refractivity contribution is 0.252. The van der Waals surface area contributed by atoms with Crippen molar-refractivity contribution in [1.82, 2.24) is 5.32 Å². The molecule has 0 saturated heterocycles. The number of hydrogen-bond acceptors (Lipinski definition) is 2. The van der Waals surface area contributed by atoms with Crippen LogP contribution in [0, 0.1) is 0 Å². The summed E-state index contributed by atoms with van der Waals surface area (Å²) in [6.45, 7) is 9.95. The molecule has 1 aliphatic carbocycles. The Morgan fingerprint density at radius 3 is 2.15 bits per heavy atom. The van der Waals surface area contributed by atoms with Crippen molar-refractivity contribution in [3.63, 3.8) is 0 Å². The molecule has 112 valence electrons. The van der Waals surface area contributed by atoms with Gasteiger partial charge in [-0.05, 0) is 51.3 Å². The van der Waals surface area contributed by atoms with Gasteiger partial charge in [0, 0.05) is 30.9 Å². The van der Waals surface area contributed by atoms with Crippen LogP contribution in [0.25, 0.3) is 0 Å². The average Bonchev–Trinajstić information content (AvgIpc) is 2.48. The van der Waals surface area contributed by atoms with Crippen molar-refractivity contribution < 1.29 is 0 Å². The summed E-state index contributed by atoms with van der Waals surface area (Å²) in [5, 5.41) is 3.78. The van der Waals surface area contributed by atoms with Crippen molar-refractivity contribution in [3.8, 4) is 0 Å². The van der Waals surface area contributed by atoms with Gasteiger partial charge in [0.15, 0.2) is 0 Å². The summed E-state index contributed by atoms with van der Waals surface area (Å²) in [7, 11) is 0. The van der Waals surface area contributed by atoms with E-state index in [0.717, 1.165) is 19.6 Å². The Morgan fingerprint density at radius 1 is 1.00 bits per heavy atom. The monoisotopic (exact) mass is 274 g/mol. The standard InChI is InChI=1S/C18H30N2/c1-4-20(5-2)17-11-9-16(10-12-17)15-19-18(3)13-7-6-8-14-18/h9-12,19H,4-8,13-15H2,1-3H3. The van der Waals surface area contributed by atoms with Crippen molar-refractivity contribution in [1.29, 1.82) is 0 Å². The first kappa shape index (κ1) is 15.4. The van der Waals surface area contributed by atoms with E-state index in [4.69, 9.17) is 0 Å². The first-order valence-corrected chi connectivity index (χ1v) is 8.26. The smallest absolute Gasteiger partial charge is 0.0366 e. The van der Waals surface area contributed by atoms with Crippen molar-refractivity contribution in [2.45, 2.75) is 65.0 Å². The molecule has 2 heteroatoms. The van der Waals surface area contributed by atoms with Crippen LogP contribution >= 0.6 is 0 Å². The van der Waals surface area contributed by atoms with Crippen LogP contribution in [0.2, 0.25) is 0 Å². The molecular formula is C18H30N2. The molecule has 0 atom stereocenters. The Bertz CT molecular complexity index is 386. The van der Waals surface area contributed by atoms with E-state index >= 15 is 0 Å². The third kappa shape index (κ3) is 3.99. The Balaban J connectivity index is 1.90. The fourth-order valence-electron chi connectivity index (χ4n) is 3.24. The van der Waals surface area contributed by atoms with Crippen LogP contribution in [0.15, 0.2) is 24.3 Å². The van der Waals surface area contributed by atoms with Crippen molar-refractivity contribution in [3.05, 3.63) is 29.8 Å². The van der Waals surface area contributed by atoms with E-state index in [0.29, 0.717) is 5.54 Å². The highest BCUT2D eigenvalue weighted by Crippen LogP contribution is 2.28. The number of hydrogen-bond donors (Lipinski definition) is 1. The third-order valence-corrected chi connectivity index (χ3v) is 4.74. The highest BCUT2D eigenvalue weighted by atomic mass is 15.1. The van der Waals surface area contributed by atoms with Crippen molar-refractivity contribution in [2.75, 3.05) is 18.0 Å². The lowest BCUT2D eigenvalue weighted by atomic mass is 9.83. The van der Waals surface area contributed by atoms with Crippen LogP contribution in [0.4, 0.5) is 5.69 Å². The maximum absolute atomic E-state index is 3.78. The molecule has 1 aromatic carbocycles. The van der Waals surface area contributed by atoms with Gasteiger partial charge in [0.2, 0.25) is 0 Å². The Hall–Kier alpha value is -1.02. The maximum Gasteiger partial charge on any atom is 0.0366 e. The van der Waals surface area contributed by atoms with Crippen LogP contribution in [0.5, 0.6) is 0 Å². The minimum absolute atomic E-state index is 0.357. The van der Waals surface area contributed by atoms with Gasteiger partial charge in [0.25, 0.3) is 0 Å². The maximum atomic E-state index is 3.78. The molecule has 0 heterocycles. The average molecular weight is 274 g/mol. The predicted molar refractivity (Wildman–Crippen MR) is 88.3 cm³/mol. The molecule has 0 amide bonds. The SMILES string of the molecule is CCN(CC)c1ccc(CNC2(C)CCCCC2)cc1. The van der Waals surface area contributed by atoms with E-state index < -0.39 is 0 Å². The number of anilines is 1. The highest BCUT2D eigenvalue weighted by Gasteiger charge is 2.25. The zero-order valence-electron chi connectivity index (χ0n) is 13.4. The molecular weight excluding hydrogens is 244 g/mol. The fraction of sp³-hybridized carbons (Fsp3) is 0.667. The predicted octanol–water partition coefficient (Wildman–Crippen LogP) is 4.35. The van der Waals surface area contributed by atoms with Crippen LogP contribution in [-0.2, 0) is 6.54 Å². The highest BCUT2D eigenvalue weighted by molar-refractivity contribution is 5.47. The second-order valence-electron chi connectivity index (χ2n) is 6.31. The van der Waals surface area contributed by atoms with E-state index in [1.54, 1.807) is 0 Å². The molecule has 0 aliphatic heterocycles. The summed E-state index contributed by atoms with van der Waals surface area (Å²) in [6.07, 6.45) is 6.82. The molecule has 0 spiro atoms. The second kappa shape index (κ2) is 7.12. The van der Waals surface area contributed by atoms with Gasteiger partial charge in [0.05, 0.1) is 0 Å². The van der Waals surface area contributed by atoms with E-state index in [1.165, 1.54) is 43.4 Å². The summed E-state index contributed by atoms with van der Waals surface area (Å²) in [6, 6.07) is 9.06. The summed E-state index contributed by atoms with van der Waals surface area (Å²) >= 11 is 0. The fourth-order valence-corrected chi connectivity index (χ4v) is 3.24. The molecule has 0 bridgehead atoms. The molecule has 1 N–H and O–H groups in total. The van der Waals surface area contributed by atoms with Gasteiger partial charge in [-0.2, -0.15) is 0 Å². The molecule has 20 heavy (non-hydrogen) atoms. The largest absolute Gasteiger partial charge is 0.372 e. The van der Waals surface area contributed by atoms with Crippen LogP contribution < -0.4 is 10.2 Å². The van der Waals surface area contributed by atoms with Crippen LogP contribution in [0.3, 0.4) is 0 Å². The Morgan fingerprint density at radius 2 is 1.60 bits per heavy atom. The lowest BCUT2D eigenvalue weighted by Crippen LogP contribution is -2.43. The third-order valence-electron chi connectivity index (χ3n) is 4.74. The Labute approximate surface area is 124 Å². The summed E-state index contributed by atoms with van der Waals surface area (Å²) in [5.41, 5.74) is 3.09. The van der Waals surface area contributed by atoms with Crippen LogP contribution in [-0.4, -0.2) is 18.6 Å². The number of nitrogens with one attached hydrogen (secondary N) is 1. The summed E-state index contributed by atoms with van der Waals surface area (Å²) < 4.78 is 0. The molecule has 0 radical (unpaired) electrons. The minimum atomic E-state index is 0.357. The molecule has 2 rings (SSSR count). The van der Waals surface area contributed by atoms with Gasteiger partial charge < -0.3 is 10.2 Å². The molecule has 2 nitrogen and oxygen atoms in total. The second-order valence-corrected chi connectivity index (χ2v) is 6.31. The zero-order valence-corrected chi connectivity index (χ0v) is 13.4. The first-order chi connectivity index (χ1) is 9.67. The zero-order chi connectivity index (χ0) is 14.4. The van der Waals surface area contributed by atoms with Crippen molar-refractivity contribution >= 4 is 5.69 Å². The van der Waals surface area contributed by atoms with E-state index in [9.17, 15) is 0 Å². The van der Waals surface area contributed by atoms with E-state index in [1.807, 2.05) is 0 Å². The quantitative estimate of drug-likeness (QED) is 0.830. The Kier molecular flexibility index (Phi) is 5.47. The summed E-state index contributed by atoms with van der Waals surface area (Å²) in [5.74, 6) is 0. The van der Waals surface area contributed by atoms with E-state index in [-0.39, 0.29) is 0 Å². The van der Waals surface area contributed by atoms with Gasteiger partial charge in [-0.25, -0.2) is 0 Å². The number of benzene rings is 1. The molecule has 1 fully saturated rings. The van der Waals surface area contributed by atoms with Gasteiger partial charge >= 0.3 is 0 Å². The van der Waals surface area contributed by atoms with E-state index in [2.05, 4.69) is 55.3 Å². The van der Waals surface area contributed by atoms with Gasteiger partial charge in [-0.1, -0.05) is 31.4 Å². The number of rotatable bonds is 6. The minimum Gasteiger partial charge on any atom is -0.372 e. The molecule has 1 saturated carbocycles. The van der Waals surface area contributed by atoms with Gasteiger partial charge in [-0.15, -0.1) is 0 Å². The molecule has 1 aliphatic rings. The van der Waals surface area contributed by atoms with Gasteiger partial charge in [0.1, 0.15) is 0 Å². The van der Waals surface area contributed by atoms with Crippen LogP contribution in [0.1, 0.15) is 58.4 Å². The lowest BCUT2D eigenvalue weighted by Gasteiger charge is -2.35. The molecule has 0 aromatic heterocycles. The topological polar surface area (TPSA) is 15.3 Å². The van der Waals surface area contributed by atoms with Crippen molar-refractivity contribution in [2.24, 2.45) is 0 Å². The van der Waals surface area contributed by atoms with Gasteiger partial charge in [-0.3, -0.25) is 0 Å². The molecule has 0 unspecified atom stereocenters. The molecule has 1 aromatic rings. The number of nitrogens with zero attached hydrogens (tertiary/aromatic N) is 1.